The maximum Gasteiger partial charge on any atom is 0.321 e. The maximum atomic E-state index is 5.54. The summed E-state index contributed by atoms with van der Waals surface area (Å²) in [5.74, 6) is 0.675. The first-order valence-electron chi connectivity index (χ1n) is 5.34. The molecule has 0 fully saturated rings. The fourth-order valence-electron chi connectivity index (χ4n) is 1.37. The Balaban J connectivity index is 2.11. The molecule has 0 aromatic carbocycles. The summed E-state index contributed by atoms with van der Waals surface area (Å²) in [6, 6.07) is 3.99. The SMILES string of the molecule is CNCc1cnc(Oc2cccnc2C)nc1. The van der Waals surface area contributed by atoms with Gasteiger partial charge in [0.15, 0.2) is 5.75 Å². The van der Waals surface area contributed by atoms with Gasteiger partial charge < -0.3 is 10.1 Å². The van der Waals surface area contributed by atoms with Crippen LogP contribution in [0.1, 0.15) is 11.3 Å². The van der Waals surface area contributed by atoms with Crippen LogP contribution in [-0.2, 0) is 6.54 Å². The number of aromatic nitrogens is 3. The average Bonchev–Trinajstić information content (AvgIpc) is 2.35. The molecule has 0 aliphatic heterocycles. The number of ether oxygens (including phenoxy) is 1. The van der Waals surface area contributed by atoms with Crippen LogP contribution in [0, 0.1) is 6.92 Å². The van der Waals surface area contributed by atoms with Crippen molar-refractivity contribution in [3.05, 3.63) is 42.0 Å². The van der Waals surface area contributed by atoms with Gasteiger partial charge in [0.05, 0.1) is 5.69 Å². The molecule has 1 N–H and O–H groups in total. The first-order valence-corrected chi connectivity index (χ1v) is 5.34. The minimum absolute atomic E-state index is 0.334. The summed E-state index contributed by atoms with van der Waals surface area (Å²) >= 11 is 0. The van der Waals surface area contributed by atoms with E-state index in [1.54, 1.807) is 18.6 Å². The monoisotopic (exact) mass is 230 g/mol. The smallest absolute Gasteiger partial charge is 0.321 e. The summed E-state index contributed by atoms with van der Waals surface area (Å²) < 4.78 is 5.54. The number of hydrogen-bond donors (Lipinski definition) is 1. The van der Waals surface area contributed by atoms with Crippen LogP contribution in [0.25, 0.3) is 0 Å². The predicted molar refractivity (Wildman–Crippen MR) is 63.8 cm³/mol. The lowest BCUT2D eigenvalue weighted by Crippen LogP contribution is -2.06. The van der Waals surface area contributed by atoms with Crippen molar-refractivity contribution in [2.24, 2.45) is 0 Å². The van der Waals surface area contributed by atoms with E-state index in [4.69, 9.17) is 4.74 Å². The quantitative estimate of drug-likeness (QED) is 0.866. The van der Waals surface area contributed by atoms with Gasteiger partial charge in [-0.15, -0.1) is 0 Å². The van der Waals surface area contributed by atoms with Crippen LogP contribution >= 0.6 is 0 Å². The summed E-state index contributed by atoms with van der Waals surface area (Å²) in [6.45, 7) is 2.62. The predicted octanol–water partition coefficient (Wildman–Crippen LogP) is 1.69. The zero-order chi connectivity index (χ0) is 12.1. The van der Waals surface area contributed by atoms with Gasteiger partial charge in [-0.2, -0.15) is 0 Å². The molecular weight excluding hydrogens is 216 g/mol. The van der Waals surface area contributed by atoms with E-state index in [0.29, 0.717) is 11.8 Å². The van der Waals surface area contributed by atoms with Gasteiger partial charge in [-0.3, -0.25) is 4.98 Å². The van der Waals surface area contributed by atoms with Crippen LogP contribution in [0.4, 0.5) is 0 Å². The molecule has 0 saturated heterocycles. The second kappa shape index (κ2) is 5.36. The van der Waals surface area contributed by atoms with Crippen LogP contribution in [-0.4, -0.2) is 22.0 Å². The normalized spacial score (nSPS) is 10.2. The summed E-state index contributed by atoms with van der Waals surface area (Å²) in [5.41, 5.74) is 1.83. The molecule has 2 aromatic heterocycles. The fourth-order valence-corrected chi connectivity index (χ4v) is 1.37. The highest BCUT2D eigenvalue weighted by atomic mass is 16.5. The molecule has 2 aromatic rings. The summed E-state index contributed by atoms with van der Waals surface area (Å²) in [7, 11) is 1.88. The molecule has 0 aliphatic rings. The van der Waals surface area contributed by atoms with Crippen LogP contribution in [0.15, 0.2) is 30.7 Å². The molecule has 0 amide bonds. The molecular formula is C12H14N4O. The Labute approximate surface area is 99.9 Å². The van der Waals surface area contributed by atoms with E-state index in [1.807, 2.05) is 26.1 Å². The standard InChI is InChI=1S/C12H14N4O/c1-9-11(4-3-5-14-9)17-12-15-7-10(6-13-2)8-16-12/h3-5,7-8,13H,6H2,1-2H3. The van der Waals surface area contributed by atoms with Crippen LogP contribution in [0.3, 0.4) is 0 Å². The first kappa shape index (κ1) is 11.5. The Hall–Kier alpha value is -2.01. The summed E-state index contributed by atoms with van der Waals surface area (Å²) in [6.07, 6.45) is 5.20. The Kier molecular flexibility index (Phi) is 3.62. The van der Waals surface area contributed by atoms with Crippen molar-refractivity contribution in [2.45, 2.75) is 13.5 Å². The van der Waals surface area contributed by atoms with Crippen molar-refractivity contribution in [2.75, 3.05) is 7.05 Å². The highest BCUT2D eigenvalue weighted by Crippen LogP contribution is 2.19. The largest absolute Gasteiger partial charge is 0.422 e. The second-order valence-corrected chi connectivity index (χ2v) is 3.59. The Morgan fingerprint density at radius 3 is 2.65 bits per heavy atom. The Morgan fingerprint density at radius 2 is 2.00 bits per heavy atom. The van der Waals surface area contributed by atoms with Gasteiger partial charge in [-0.25, -0.2) is 9.97 Å². The number of rotatable bonds is 4. The molecule has 0 radical (unpaired) electrons. The lowest BCUT2D eigenvalue weighted by atomic mass is 10.3. The lowest BCUT2D eigenvalue weighted by Gasteiger charge is -2.06. The Bertz CT molecular complexity index is 484. The molecule has 0 unspecified atom stereocenters. The Morgan fingerprint density at radius 1 is 1.24 bits per heavy atom. The minimum atomic E-state index is 0.334. The topological polar surface area (TPSA) is 59.9 Å². The van der Waals surface area contributed by atoms with E-state index in [9.17, 15) is 0 Å². The van der Waals surface area contributed by atoms with Gasteiger partial charge in [0.2, 0.25) is 0 Å². The summed E-state index contributed by atoms with van der Waals surface area (Å²) in [4.78, 5) is 12.4. The number of hydrogen-bond acceptors (Lipinski definition) is 5. The van der Waals surface area contributed by atoms with E-state index < -0.39 is 0 Å². The number of aryl methyl sites for hydroxylation is 1. The van der Waals surface area contributed by atoms with Crippen LogP contribution in [0.2, 0.25) is 0 Å². The van der Waals surface area contributed by atoms with Gasteiger partial charge in [-0.1, -0.05) is 0 Å². The highest BCUT2D eigenvalue weighted by Gasteiger charge is 2.03. The molecule has 2 rings (SSSR count). The second-order valence-electron chi connectivity index (χ2n) is 3.59. The lowest BCUT2D eigenvalue weighted by molar-refractivity contribution is 0.435. The highest BCUT2D eigenvalue weighted by molar-refractivity contribution is 5.28. The zero-order valence-electron chi connectivity index (χ0n) is 9.84. The summed E-state index contributed by atoms with van der Waals surface area (Å²) in [5, 5.41) is 3.03. The molecule has 0 bridgehead atoms. The van der Waals surface area contributed by atoms with Crippen LogP contribution < -0.4 is 10.1 Å². The van der Waals surface area contributed by atoms with E-state index in [2.05, 4.69) is 20.3 Å². The molecule has 2 heterocycles. The number of nitrogens with zero attached hydrogens (tertiary/aromatic N) is 3. The van der Waals surface area contributed by atoms with Gasteiger partial charge in [0, 0.05) is 30.7 Å². The number of pyridine rings is 1. The number of nitrogens with one attached hydrogen (secondary N) is 1. The molecule has 17 heavy (non-hydrogen) atoms. The molecule has 0 atom stereocenters. The van der Waals surface area contributed by atoms with Crippen molar-refractivity contribution in [1.82, 2.24) is 20.3 Å². The van der Waals surface area contributed by atoms with Crippen molar-refractivity contribution >= 4 is 0 Å². The van der Waals surface area contributed by atoms with E-state index in [1.165, 1.54) is 0 Å². The fraction of sp³-hybridized carbons (Fsp3) is 0.250. The molecule has 5 heteroatoms. The minimum Gasteiger partial charge on any atom is -0.422 e. The third kappa shape index (κ3) is 2.98. The van der Waals surface area contributed by atoms with Gasteiger partial charge in [0.1, 0.15) is 0 Å². The van der Waals surface area contributed by atoms with E-state index in [-0.39, 0.29) is 0 Å². The van der Waals surface area contributed by atoms with E-state index >= 15 is 0 Å². The van der Waals surface area contributed by atoms with Gasteiger partial charge in [-0.05, 0) is 26.1 Å². The van der Waals surface area contributed by atoms with Gasteiger partial charge in [0.25, 0.3) is 0 Å². The van der Waals surface area contributed by atoms with Crippen molar-refractivity contribution in [3.63, 3.8) is 0 Å². The van der Waals surface area contributed by atoms with E-state index in [0.717, 1.165) is 17.8 Å². The molecule has 0 saturated carbocycles. The first-order chi connectivity index (χ1) is 8.29. The molecule has 88 valence electrons. The third-order valence-corrected chi connectivity index (χ3v) is 2.22. The van der Waals surface area contributed by atoms with Crippen molar-refractivity contribution < 1.29 is 4.74 Å². The average molecular weight is 230 g/mol. The third-order valence-electron chi connectivity index (χ3n) is 2.22. The van der Waals surface area contributed by atoms with Crippen molar-refractivity contribution in [3.8, 4) is 11.8 Å². The zero-order valence-corrected chi connectivity index (χ0v) is 9.84. The van der Waals surface area contributed by atoms with Gasteiger partial charge >= 0.3 is 6.01 Å². The molecule has 0 aliphatic carbocycles. The van der Waals surface area contributed by atoms with Crippen molar-refractivity contribution in [1.29, 1.82) is 0 Å². The molecule has 5 nitrogen and oxygen atoms in total. The maximum absolute atomic E-state index is 5.54. The van der Waals surface area contributed by atoms with Crippen LogP contribution in [0.5, 0.6) is 11.8 Å². The molecule has 0 spiro atoms.